The molecule has 0 unspecified atom stereocenters. The molecule has 7 nitrogen and oxygen atoms in total. The van der Waals surface area contributed by atoms with E-state index in [-0.39, 0.29) is 17.4 Å². The number of aliphatic hydroxyl groups is 1. The first kappa shape index (κ1) is 23.8. The van der Waals surface area contributed by atoms with E-state index in [1.807, 2.05) is 69.2 Å². The summed E-state index contributed by atoms with van der Waals surface area (Å²) in [6, 6.07) is 12.1. The van der Waals surface area contributed by atoms with Crippen LogP contribution in [0.1, 0.15) is 43.0 Å². The van der Waals surface area contributed by atoms with Gasteiger partial charge in [-0.25, -0.2) is 0 Å². The Morgan fingerprint density at radius 3 is 2.74 bits per heavy atom. The van der Waals surface area contributed by atoms with Crippen LogP contribution in [0, 0.1) is 0 Å². The van der Waals surface area contributed by atoms with Gasteiger partial charge in [-0.05, 0) is 82.4 Å². The van der Waals surface area contributed by atoms with E-state index in [0.717, 1.165) is 29.8 Å². The van der Waals surface area contributed by atoms with Gasteiger partial charge in [0.1, 0.15) is 23.4 Å². The fourth-order valence-corrected chi connectivity index (χ4v) is 4.68. The van der Waals surface area contributed by atoms with Gasteiger partial charge >= 0.3 is 0 Å². The smallest absolute Gasteiger partial charge is 0.295 e. The van der Waals surface area contributed by atoms with Crippen molar-refractivity contribution in [3.05, 3.63) is 64.7 Å². The summed E-state index contributed by atoms with van der Waals surface area (Å²) in [7, 11) is 3.94. The number of carbonyl (C=O) groups excluding carboxylic acids is 2. The van der Waals surface area contributed by atoms with E-state index in [9.17, 15) is 14.7 Å². The minimum atomic E-state index is -0.689. The largest absolute Gasteiger partial charge is 0.507 e. The second kappa shape index (κ2) is 9.89. The molecule has 4 rings (SSSR count). The lowest BCUT2D eigenvalue weighted by molar-refractivity contribution is -0.139. The zero-order chi connectivity index (χ0) is 24.4. The Balaban J connectivity index is 1.79. The number of likely N-dealkylation sites (tertiary alicyclic amines) is 1. The van der Waals surface area contributed by atoms with Crippen LogP contribution in [0.3, 0.4) is 0 Å². The molecule has 2 aromatic rings. The number of hydrogen-bond acceptors (Lipinski definition) is 6. The molecule has 0 aliphatic carbocycles. The summed E-state index contributed by atoms with van der Waals surface area (Å²) in [6.07, 6.45) is 1.50. The molecule has 2 aliphatic rings. The molecule has 180 valence electrons. The number of ether oxygens (including phenoxy) is 2. The van der Waals surface area contributed by atoms with Gasteiger partial charge in [0.2, 0.25) is 0 Å². The number of benzene rings is 2. The fraction of sp³-hybridized carbons (Fsp3) is 0.407. The van der Waals surface area contributed by atoms with Crippen molar-refractivity contribution in [3.8, 4) is 11.5 Å². The van der Waals surface area contributed by atoms with Crippen LogP contribution in [0.4, 0.5) is 0 Å². The van der Waals surface area contributed by atoms with Gasteiger partial charge in [0, 0.05) is 18.5 Å². The molecule has 2 aliphatic heterocycles. The molecule has 0 aromatic heterocycles. The maximum absolute atomic E-state index is 13.2. The van der Waals surface area contributed by atoms with Gasteiger partial charge in [-0.1, -0.05) is 12.1 Å². The van der Waals surface area contributed by atoms with E-state index in [1.54, 1.807) is 11.0 Å². The highest BCUT2D eigenvalue weighted by Crippen LogP contribution is 2.41. The van der Waals surface area contributed by atoms with Crippen LogP contribution in [-0.2, 0) is 16.0 Å². The van der Waals surface area contributed by atoms with Crippen molar-refractivity contribution in [2.24, 2.45) is 0 Å². The van der Waals surface area contributed by atoms with E-state index in [4.69, 9.17) is 9.47 Å². The fourth-order valence-electron chi connectivity index (χ4n) is 4.68. The molecular weight excluding hydrogens is 432 g/mol. The van der Waals surface area contributed by atoms with Crippen molar-refractivity contribution in [1.29, 1.82) is 0 Å². The summed E-state index contributed by atoms with van der Waals surface area (Å²) in [5, 5.41) is 11.3. The van der Waals surface area contributed by atoms with Crippen LogP contribution in [0.15, 0.2) is 48.0 Å². The van der Waals surface area contributed by atoms with Gasteiger partial charge in [0.05, 0.1) is 18.2 Å². The number of aliphatic hydroxyl groups excluding tert-OH is 1. The molecule has 2 aromatic carbocycles. The minimum Gasteiger partial charge on any atom is -0.507 e. The Kier molecular flexibility index (Phi) is 6.93. The third kappa shape index (κ3) is 4.66. The Morgan fingerprint density at radius 1 is 1.21 bits per heavy atom. The number of fused-ring (bicyclic) bond motifs is 1. The maximum Gasteiger partial charge on any atom is 0.295 e. The monoisotopic (exact) mass is 464 g/mol. The Bertz CT molecular complexity index is 1120. The number of hydrogen-bond donors (Lipinski definition) is 1. The highest BCUT2D eigenvalue weighted by Gasteiger charge is 2.46. The first-order valence-electron chi connectivity index (χ1n) is 11.8. The summed E-state index contributed by atoms with van der Waals surface area (Å²) in [5.74, 6) is 0.0174. The Labute approximate surface area is 200 Å². The normalized spacial score (nSPS) is 21.1. The van der Waals surface area contributed by atoms with Crippen molar-refractivity contribution < 1.29 is 24.2 Å². The predicted octanol–water partition coefficient (Wildman–Crippen LogP) is 3.78. The third-order valence-corrected chi connectivity index (χ3v) is 6.20. The van der Waals surface area contributed by atoms with Crippen LogP contribution in [0.2, 0.25) is 0 Å². The van der Waals surface area contributed by atoms with Crippen LogP contribution in [0.5, 0.6) is 11.5 Å². The molecule has 1 saturated heterocycles. The molecule has 7 heteroatoms. The average molecular weight is 465 g/mol. The summed E-state index contributed by atoms with van der Waals surface area (Å²) in [5.41, 5.74) is 2.32. The first-order valence-corrected chi connectivity index (χ1v) is 11.8. The van der Waals surface area contributed by atoms with Crippen molar-refractivity contribution in [2.45, 2.75) is 38.8 Å². The van der Waals surface area contributed by atoms with Gasteiger partial charge in [-0.2, -0.15) is 0 Å². The number of nitrogens with zero attached hydrogens (tertiary/aromatic N) is 2. The van der Waals surface area contributed by atoms with Crippen LogP contribution in [0.25, 0.3) is 5.76 Å². The lowest BCUT2D eigenvalue weighted by Crippen LogP contribution is -2.32. The zero-order valence-corrected chi connectivity index (χ0v) is 20.2. The molecule has 1 N–H and O–H groups in total. The van der Waals surface area contributed by atoms with Gasteiger partial charge in [0.15, 0.2) is 0 Å². The number of ketones is 1. The van der Waals surface area contributed by atoms with Gasteiger partial charge in [-0.15, -0.1) is 0 Å². The second-order valence-corrected chi connectivity index (χ2v) is 9.11. The lowest BCUT2D eigenvalue weighted by Gasteiger charge is -2.26. The maximum atomic E-state index is 13.2. The number of rotatable bonds is 8. The Hall–Kier alpha value is -3.32. The lowest BCUT2D eigenvalue weighted by atomic mass is 9.94. The summed E-state index contributed by atoms with van der Waals surface area (Å²) in [4.78, 5) is 30.0. The topological polar surface area (TPSA) is 79.3 Å². The molecule has 0 spiro atoms. The molecule has 1 fully saturated rings. The minimum absolute atomic E-state index is 0.0657. The van der Waals surface area contributed by atoms with Crippen molar-refractivity contribution in [1.82, 2.24) is 9.80 Å². The number of carbonyl (C=O) groups is 2. The standard InChI is InChI=1S/C27H32N2O5/c1-5-33-21-9-6-8-18(16-21)24-23(26(31)27(32)29(24)13-7-12-28(3)4)25(30)19-10-11-22-20(15-19)14-17(2)34-22/h6,8-11,15-17,24,30H,5,7,12-14H2,1-4H3/b25-23+/t17-,24+/m1/s1. The zero-order valence-electron chi connectivity index (χ0n) is 20.2. The van der Waals surface area contributed by atoms with Crippen LogP contribution in [-0.4, -0.2) is 66.5 Å². The van der Waals surface area contributed by atoms with Gasteiger partial charge < -0.3 is 24.4 Å². The van der Waals surface area contributed by atoms with Crippen molar-refractivity contribution in [2.75, 3.05) is 33.8 Å². The SMILES string of the molecule is CCOc1cccc([C@H]2/C(=C(\O)c3ccc4c(c3)C[C@@H](C)O4)C(=O)C(=O)N2CCCN(C)C)c1. The molecule has 0 saturated carbocycles. The summed E-state index contributed by atoms with van der Waals surface area (Å²) in [6.45, 7) is 5.57. The predicted molar refractivity (Wildman–Crippen MR) is 130 cm³/mol. The summed E-state index contributed by atoms with van der Waals surface area (Å²) < 4.78 is 11.4. The number of amides is 1. The summed E-state index contributed by atoms with van der Waals surface area (Å²) >= 11 is 0. The van der Waals surface area contributed by atoms with Crippen molar-refractivity contribution in [3.63, 3.8) is 0 Å². The molecule has 0 bridgehead atoms. The third-order valence-electron chi connectivity index (χ3n) is 6.20. The van der Waals surface area contributed by atoms with Crippen LogP contribution < -0.4 is 9.47 Å². The second-order valence-electron chi connectivity index (χ2n) is 9.11. The number of Topliss-reactive ketones (excluding diaryl/α,β-unsaturated/α-hetero) is 1. The van der Waals surface area contributed by atoms with Crippen LogP contribution >= 0.6 is 0 Å². The molecule has 2 atom stereocenters. The molecule has 2 heterocycles. The molecule has 1 amide bonds. The quantitative estimate of drug-likeness (QED) is 0.364. The Morgan fingerprint density at radius 2 is 2.00 bits per heavy atom. The van der Waals surface area contributed by atoms with E-state index in [2.05, 4.69) is 0 Å². The average Bonchev–Trinajstić information content (AvgIpc) is 3.29. The van der Waals surface area contributed by atoms with Gasteiger partial charge in [-0.3, -0.25) is 9.59 Å². The molecule has 34 heavy (non-hydrogen) atoms. The van der Waals surface area contributed by atoms with E-state index in [1.165, 1.54) is 0 Å². The molecular formula is C27H32N2O5. The van der Waals surface area contributed by atoms with E-state index >= 15 is 0 Å². The van der Waals surface area contributed by atoms with Crippen molar-refractivity contribution >= 4 is 17.4 Å². The first-order chi connectivity index (χ1) is 16.3. The highest BCUT2D eigenvalue weighted by atomic mass is 16.5. The van der Waals surface area contributed by atoms with E-state index in [0.29, 0.717) is 30.9 Å². The molecule has 0 radical (unpaired) electrons. The van der Waals surface area contributed by atoms with Gasteiger partial charge in [0.25, 0.3) is 11.7 Å². The van der Waals surface area contributed by atoms with E-state index < -0.39 is 17.7 Å². The highest BCUT2D eigenvalue weighted by molar-refractivity contribution is 6.46.